The highest BCUT2D eigenvalue weighted by molar-refractivity contribution is 7.81. The van der Waals surface area contributed by atoms with Gasteiger partial charge in [-0.05, 0) is 31.9 Å². The van der Waals surface area contributed by atoms with E-state index in [1.165, 1.54) is 0 Å². The molecular formula is C12H26O2S2. The first-order valence-corrected chi connectivity index (χ1v) is 7.30. The van der Waals surface area contributed by atoms with Crippen LogP contribution in [0.2, 0.25) is 0 Å². The Hall–Kier alpha value is 0.170. The third-order valence-corrected chi connectivity index (χ3v) is 2.71. The molecule has 2 nitrogen and oxygen atoms in total. The maximum absolute atomic E-state index is 11.0. The van der Waals surface area contributed by atoms with Gasteiger partial charge in [-0.3, -0.25) is 4.79 Å². The molecule has 0 bridgehead atoms. The number of unbranched alkanes of at least 4 members (excludes halogenated alkanes) is 1. The van der Waals surface area contributed by atoms with Crippen molar-refractivity contribution in [2.24, 2.45) is 0 Å². The summed E-state index contributed by atoms with van der Waals surface area (Å²) in [6.45, 7) is 6.31. The van der Waals surface area contributed by atoms with Gasteiger partial charge in [0.2, 0.25) is 0 Å². The molecule has 0 aliphatic carbocycles. The Morgan fingerprint density at radius 1 is 1.25 bits per heavy atom. The van der Waals surface area contributed by atoms with Gasteiger partial charge in [-0.15, -0.1) is 0 Å². The van der Waals surface area contributed by atoms with Gasteiger partial charge in [0.05, 0.1) is 6.61 Å². The zero-order valence-electron chi connectivity index (χ0n) is 10.7. The molecule has 0 amide bonds. The third kappa shape index (κ3) is 14.2. The van der Waals surface area contributed by atoms with Crippen molar-refractivity contribution in [3.63, 3.8) is 0 Å². The monoisotopic (exact) mass is 266 g/mol. The SMILES string of the molecule is CC.CCOC(=O)CCCCC(S)CCS. The molecule has 98 valence electrons. The van der Waals surface area contributed by atoms with Crippen LogP contribution in [-0.4, -0.2) is 23.6 Å². The Kier molecular flexibility index (Phi) is 17.6. The van der Waals surface area contributed by atoms with Crippen LogP contribution in [0, 0.1) is 0 Å². The molecule has 0 radical (unpaired) electrons. The first-order chi connectivity index (χ1) is 7.70. The molecule has 0 fully saturated rings. The van der Waals surface area contributed by atoms with E-state index < -0.39 is 0 Å². The molecule has 1 unspecified atom stereocenters. The van der Waals surface area contributed by atoms with Crippen molar-refractivity contribution in [3.8, 4) is 0 Å². The average Bonchev–Trinajstić information content (AvgIpc) is 2.28. The zero-order valence-corrected chi connectivity index (χ0v) is 12.5. The van der Waals surface area contributed by atoms with Crippen molar-refractivity contribution in [2.75, 3.05) is 12.4 Å². The lowest BCUT2D eigenvalue weighted by Crippen LogP contribution is -2.04. The van der Waals surface area contributed by atoms with E-state index in [-0.39, 0.29) is 5.97 Å². The Labute approximate surface area is 111 Å². The highest BCUT2D eigenvalue weighted by Crippen LogP contribution is 2.12. The molecular weight excluding hydrogens is 240 g/mol. The fourth-order valence-electron chi connectivity index (χ4n) is 1.18. The van der Waals surface area contributed by atoms with Crippen LogP contribution in [0.1, 0.15) is 52.9 Å². The van der Waals surface area contributed by atoms with E-state index in [9.17, 15) is 4.79 Å². The van der Waals surface area contributed by atoms with Crippen LogP contribution < -0.4 is 0 Å². The molecule has 1 atom stereocenters. The molecule has 0 saturated carbocycles. The van der Waals surface area contributed by atoms with Crippen LogP contribution >= 0.6 is 25.3 Å². The number of thiol groups is 2. The van der Waals surface area contributed by atoms with Gasteiger partial charge in [-0.1, -0.05) is 20.3 Å². The van der Waals surface area contributed by atoms with Crippen molar-refractivity contribution in [3.05, 3.63) is 0 Å². The summed E-state index contributed by atoms with van der Waals surface area (Å²) in [6, 6.07) is 0. The lowest BCUT2D eigenvalue weighted by Gasteiger charge is -2.07. The van der Waals surface area contributed by atoms with E-state index in [4.69, 9.17) is 4.74 Å². The minimum Gasteiger partial charge on any atom is -0.466 e. The number of rotatable bonds is 8. The van der Waals surface area contributed by atoms with Gasteiger partial charge in [0.1, 0.15) is 0 Å². The summed E-state index contributed by atoms with van der Waals surface area (Å²) in [5, 5.41) is 0.426. The van der Waals surface area contributed by atoms with Crippen molar-refractivity contribution >= 4 is 31.2 Å². The summed E-state index contributed by atoms with van der Waals surface area (Å²) in [4.78, 5) is 11.0. The molecule has 0 aromatic carbocycles. The second-order valence-electron chi connectivity index (χ2n) is 3.22. The van der Waals surface area contributed by atoms with Gasteiger partial charge < -0.3 is 4.74 Å². The third-order valence-electron chi connectivity index (χ3n) is 1.94. The lowest BCUT2D eigenvalue weighted by atomic mass is 10.1. The van der Waals surface area contributed by atoms with Crippen molar-refractivity contribution in [1.29, 1.82) is 0 Å². The molecule has 0 aromatic heterocycles. The number of hydrogen-bond donors (Lipinski definition) is 2. The Morgan fingerprint density at radius 2 is 1.88 bits per heavy atom. The predicted octanol–water partition coefficient (Wildman–Crippen LogP) is 3.75. The molecule has 4 heteroatoms. The van der Waals surface area contributed by atoms with E-state index in [2.05, 4.69) is 25.3 Å². The number of carbonyl (C=O) groups is 1. The number of ether oxygens (including phenoxy) is 1. The van der Waals surface area contributed by atoms with Crippen LogP contribution in [0.25, 0.3) is 0 Å². The van der Waals surface area contributed by atoms with E-state index in [1.54, 1.807) is 0 Å². The van der Waals surface area contributed by atoms with Crippen molar-refractivity contribution in [1.82, 2.24) is 0 Å². The predicted molar refractivity (Wildman–Crippen MR) is 77.7 cm³/mol. The largest absolute Gasteiger partial charge is 0.466 e. The molecule has 0 aliphatic heterocycles. The fraction of sp³-hybridized carbons (Fsp3) is 0.917. The Morgan fingerprint density at radius 3 is 2.38 bits per heavy atom. The van der Waals surface area contributed by atoms with Gasteiger partial charge in [0.15, 0.2) is 0 Å². The maximum atomic E-state index is 11.0. The van der Waals surface area contributed by atoms with Gasteiger partial charge in [0.25, 0.3) is 0 Å². The lowest BCUT2D eigenvalue weighted by molar-refractivity contribution is -0.143. The van der Waals surface area contributed by atoms with Gasteiger partial charge in [-0.2, -0.15) is 25.3 Å². The van der Waals surface area contributed by atoms with Gasteiger partial charge >= 0.3 is 5.97 Å². The number of esters is 1. The Bertz CT molecular complexity index is 152. The summed E-state index contributed by atoms with van der Waals surface area (Å²) in [5.41, 5.74) is 0. The highest BCUT2D eigenvalue weighted by atomic mass is 32.1. The van der Waals surface area contributed by atoms with Crippen LogP contribution in [0.4, 0.5) is 0 Å². The smallest absolute Gasteiger partial charge is 0.305 e. The van der Waals surface area contributed by atoms with Gasteiger partial charge in [0, 0.05) is 11.7 Å². The van der Waals surface area contributed by atoms with Crippen LogP contribution in [0.5, 0.6) is 0 Å². The van der Waals surface area contributed by atoms with Crippen LogP contribution in [0.3, 0.4) is 0 Å². The van der Waals surface area contributed by atoms with E-state index in [0.29, 0.717) is 18.3 Å². The van der Waals surface area contributed by atoms with E-state index >= 15 is 0 Å². The van der Waals surface area contributed by atoms with Crippen molar-refractivity contribution in [2.45, 2.75) is 58.1 Å². The normalized spacial score (nSPS) is 11.3. The Balaban J connectivity index is 0. The molecule has 16 heavy (non-hydrogen) atoms. The minimum atomic E-state index is -0.0857. The molecule has 0 aliphatic rings. The zero-order chi connectivity index (χ0) is 12.8. The number of hydrogen-bond acceptors (Lipinski definition) is 4. The minimum absolute atomic E-state index is 0.0857. The molecule has 0 aromatic rings. The summed E-state index contributed by atoms with van der Waals surface area (Å²) < 4.78 is 4.83. The highest BCUT2D eigenvalue weighted by Gasteiger charge is 2.04. The molecule has 0 saturated heterocycles. The maximum Gasteiger partial charge on any atom is 0.305 e. The second kappa shape index (κ2) is 15.2. The first-order valence-electron chi connectivity index (χ1n) is 6.15. The number of carbonyl (C=O) groups excluding carboxylic acids is 1. The molecule has 0 heterocycles. The summed E-state index contributed by atoms with van der Waals surface area (Å²) >= 11 is 8.55. The summed E-state index contributed by atoms with van der Waals surface area (Å²) in [7, 11) is 0. The summed E-state index contributed by atoms with van der Waals surface area (Å²) in [6.07, 6.45) is 4.58. The molecule has 0 spiro atoms. The molecule has 0 N–H and O–H groups in total. The average molecular weight is 266 g/mol. The van der Waals surface area contributed by atoms with Gasteiger partial charge in [-0.25, -0.2) is 0 Å². The van der Waals surface area contributed by atoms with Crippen molar-refractivity contribution < 1.29 is 9.53 Å². The molecule has 0 rings (SSSR count). The van der Waals surface area contributed by atoms with Crippen LogP contribution in [0.15, 0.2) is 0 Å². The quantitative estimate of drug-likeness (QED) is 0.397. The van der Waals surface area contributed by atoms with E-state index in [1.807, 2.05) is 20.8 Å². The van der Waals surface area contributed by atoms with E-state index in [0.717, 1.165) is 31.4 Å². The van der Waals surface area contributed by atoms with Crippen LogP contribution in [-0.2, 0) is 9.53 Å². The fourth-order valence-corrected chi connectivity index (χ4v) is 2.00. The summed E-state index contributed by atoms with van der Waals surface area (Å²) in [5.74, 6) is 0.795. The standard InChI is InChI=1S/C10H20O2S2.C2H6/c1-2-12-10(11)6-4-3-5-9(14)7-8-13;1-2/h9,13-14H,2-8H2,1H3;1-2H3. The topological polar surface area (TPSA) is 26.3 Å². The second-order valence-corrected chi connectivity index (χ2v) is 4.39. The first kappa shape index (κ1) is 18.5.